The van der Waals surface area contributed by atoms with E-state index in [2.05, 4.69) is 41.3 Å². The molecule has 7 heteroatoms. The van der Waals surface area contributed by atoms with Gasteiger partial charge in [0, 0.05) is 36.0 Å². The van der Waals surface area contributed by atoms with Gasteiger partial charge in [-0.05, 0) is 22.0 Å². The Bertz CT molecular complexity index is 538. The SMILES string of the molecule is Brc1csc(-c2nncc(N3CCNCC3)n2)c1. The van der Waals surface area contributed by atoms with E-state index in [1.807, 2.05) is 11.4 Å². The zero-order valence-corrected chi connectivity index (χ0v) is 12.0. The largest absolute Gasteiger partial charge is 0.353 e. The molecule has 0 unspecified atom stereocenters. The van der Waals surface area contributed by atoms with Crippen molar-refractivity contribution in [1.82, 2.24) is 20.5 Å². The molecule has 18 heavy (non-hydrogen) atoms. The van der Waals surface area contributed by atoms with E-state index in [1.165, 1.54) is 0 Å². The van der Waals surface area contributed by atoms with Gasteiger partial charge in [0.15, 0.2) is 11.6 Å². The Kier molecular flexibility index (Phi) is 3.53. The van der Waals surface area contributed by atoms with Gasteiger partial charge in [-0.2, -0.15) is 5.10 Å². The molecule has 1 saturated heterocycles. The van der Waals surface area contributed by atoms with Gasteiger partial charge in [-0.3, -0.25) is 0 Å². The summed E-state index contributed by atoms with van der Waals surface area (Å²) in [6.45, 7) is 3.91. The lowest BCUT2D eigenvalue weighted by molar-refractivity contribution is 0.583. The van der Waals surface area contributed by atoms with E-state index in [0.29, 0.717) is 5.82 Å². The number of aromatic nitrogens is 3. The molecule has 1 fully saturated rings. The average Bonchev–Trinajstić information content (AvgIpc) is 2.87. The van der Waals surface area contributed by atoms with Crippen LogP contribution in [0.4, 0.5) is 5.82 Å². The molecule has 5 nitrogen and oxygen atoms in total. The molecule has 0 amide bonds. The van der Waals surface area contributed by atoms with Crippen molar-refractivity contribution in [2.45, 2.75) is 0 Å². The van der Waals surface area contributed by atoms with Gasteiger partial charge in [-0.1, -0.05) is 0 Å². The highest BCUT2D eigenvalue weighted by atomic mass is 79.9. The molecule has 0 aromatic carbocycles. The first-order valence-corrected chi connectivity index (χ1v) is 7.40. The van der Waals surface area contributed by atoms with Crippen LogP contribution in [0.25, 0.3) is 10.7 Å². The zero-order valence-electron chi connectivity index (χ0n) is 9.64. The first-order valence-electron chi connectivity index (χ1n) is 5.73. The Balaban J connectivity index is 1.88. The lowest BCUT2D eigenvalue weighted by Crippen LogP contribution is -2.44. The van der Waals surface area contributed by atoms with Gasteiger partial charge in [0.25, 0.3) is 0 Å². The minimum Gasteiger partial charge on any atom is -0.353 e. The number of hydrogen-bond acceptors (Lipinski definition) is 6. The number of nitrogens with one attached hydrogen (secondary N) is 1. The molecule has 1 N–H and O–H groups in total. The highest BCUT2D eigenvalue weighted by molar-refractivity contribution is 9.10. The predicted molar refractivity (Wildman–Crippen MR) is 75.9 cm³/mol. The summed E-state index contributed by atoms with van der Waals surface area (Å²) in [6, 6.07) is 2.02. The van der Waals surface area contributed by atoms with Gasteiger partial charge in [0.05, 0.1) is 11.1 Å². The Morgan fingerprint density at radius 3 is 2.89 bits per heavy atom. The topological polar surface area (TPSA) is 53.9 Å². The van der Waals surface area contributed by atoms with Crippen molar-refractivity contribution in [2.24, 2.45) is 0 Å². The van der Waals surface area contributed by atoms with Crippen LogP contribution in [0.5, 0.6) is 0 Å². The fourth-order valence-corrected chi connectivity index (χ4v) is 3.23. The summed E-state index contributed by atoms with van der Waals surface area (Å²) in [5.74, 6) is 1.60. The Hall–Kier alpha value is -1.05. The van der Waals surface area contributed by atoms with Crippen molar-refractivity contribution in [3.8, 4) is 10.7 Å². The van der Waals surface area contributed by atoms with Crippen molar-refractivity contribution in [1.29, 1.82) is 0 Å². The summed E-state index contributed by atoms with van der Waals surface area (Å²) in [5, 5.41) is 13.5. The van der Waals surface area contributed by atoms with Gasteiger partial charge in [0.2, 0.25) is 0 Å². The van der Waals surface area contributed by atoms with E-state index in [9.17, 15) is 0 Å². The van der Waals surface area contributed by atoms with E-state index in [1.54, 1.807) is 17.5 Å². The highest BCUT2D eigenvalue weighted by Crippen LogP contribution is 2.27. The number of halogens is 1. The molecular formula is C11H12BrN5S. The Labute approximate surface area is 117 Å². The summed E-state index contributed by atoms with van der Waals surface area (Å²) in [5.41, 5.74) is 0. The fourth-order valence-electron chi connectivity index (χ4n) is 1.88. The van der Waals surface area contributed by atoms with Crippen molar-refractivity contribution in [3.05, 3.63) is 22.1 Å². The second-order valence-corrected chi connectivity index (χ2v) is 5.83. The minimum atomic E-state index is 0.696. The van der Waals surface area contributed by atoms with E-state index in [-0.39, 0.29) is 0 Å². The molecule has 0 aliphatic carbocycles. The molecule has 2 aromatic rings. The van der Waals surface area contributed by atoms with Crippen molar-refractivity contribution >= 4 is 33.1 Å². The number of anilines is 1. The summed E-state index contributed by atoms with van der Waals surface area (Å²) >= 11 is 5.06. The van der Waals surface area contributed by atoms with Gasteiger partial charge >= 0.3 is 0 Å². The van der Waals surface area contributed by atoms with Gasteiger partial charge in [-0.25, -0.2) is 4.98 Å². The van der Waals surface area contributed by atoms with Crippen LogP contribution in [0.2, 0.25) is 0 Å². The molecule has 0 bridgehead atoms. The van der Waals surface area contributed by atoms with Crippen LogP contribution in [-0.4, -0.2) is 41.4 Å². The lowest BCUT2D eigenvalue weighted by atomic mass is 10.3. The minimum absolute atomic E-state index is 0.696. The molecule has 0 spiro atoms. The molecule has 0 atom stereocenters. The van der Waals surface area contributed by atoms with Gasteiger partial charge in [0.1, 0.15) is 0 Å². The molecule has 94 valence electrons. The molecule has 3 heterocycles. The Morgan fingerprint density at radius 1 is 1.33 bits per heavy atom. The maximum atomic E-state index is 4.59. The standard InChI is InChI=1S/C11H12BrN5S/c12-8-5-9(18-7-8)11-15-10(6-14-16-11)17-3-1-13-2-4-17/h5-7,13H,1-4H2. The second kappa shape index (κ2) is 5.29. The first kappa shape index (κ1) is 12.0. The van der Waals surface area contributed by atoms with Crippen LogP contribution in [0, 0.1) is 0 Å². The maximum absolute atomic E-state index is 4.59. The van der Waals surface area contributed by atoms with Gasteiger partial charge < -0.3 is 10.2 Å². The molecule has 1 aliphatic rings. The van der Waals surface area contributed by atoms with E-state index in [0.717, 1.165) is 41.3 Å². The van der Waals surface area contributed by atoms with Crippen molar-refractivity contribution in [3.63, 3.8) is 0 Å². The molecule has 0 radical (unpaired) electrons. The van der Waals surface area contributed by atoms with Gasteiger partial charge in [-0.15, -0.1) is 16.4 Å². The third kappa shape index (κ3) is 2.52. The van der Waals surface area contributed by atoms with E-state index >= 15 is 0 Å². The predicted octanol–water partition coefficient (Wildman–Crippen LogP) is 1.77. The number of hydrogen-bond donors (Lipinski definition) is 1. The molecule has 0 saturated carbocycles. The molecule has 2 aromatic heterocycles. The number of rotatable bonds is 2. The van der Waals surface area contributed by atoms with Crippen LogP contribution in [0.3, 0.4) is 0 Å². The van der Waals surface area contributed by atoms with Crippen molar-refractivity contribution < 1.29 is 0 Å². The smallest absolute Gasteiger partial charge is 0.193 e. The summed E-state index contributed by atoms with van der Waals surface area (Å²) in [4.78, 5) is 7.86. The monoisotopic (exact) mass is 325 g/mol. The molecular weight excluding hydrogens is 314 g/mol. The normalized spacial score (nSPS) is 15.9. The lowest BCUT2D eigenvalue weighted by Gasteiger charge is -2.27. The number of piperazine rings is 1. The molecule has 1 aliphatic heterocycles. The maximum Gasteiger partial charge on any atom is 0.193 e. The second-order valence-electron chi connectivity index (χ2n) is 4.00. The van der Waals surface area contributed by atoms with Crippen LogP contribution in [0.15, 0.2) is 22.1 Å². The van der Waals surface area contributed by atoms with Crippen molar-refractivity contribution in [2.75, 3.05) is 31.1 Å². The van der Waals surface area contributed by atoms with E-state index in [4.69, 9.17) is 0 Å². The summed E-state index contributed by atoms with van der Waals surface area (Å²) in [6.07, 6.45) is 1.73. The first-order chi connectivity index (χ1) is 8.83. The average molecular weight is 326 g/mol. The van der Waals surface area contributed by atoms with Crippen LogP contribution < -0.4 is 10.2 Å². The number of thiophene rings is 1. The Morgan fingerprint density at radius 2 is 2.17 bits per heavy atom. The molecule has 3 rings (SSSR count). The van der Waals surface area contributed by atoms with Crippen LogP contribution in [0.1, 0.15) is 0 Å². The zero-order chi connectivity index (χ0) is 12.4. The number of nitrogens with zero attached hydrogens (tertiary/aromatic N) is 4. The fraction of sp³-hybridized carbons (Fsp3) is 0.364. The summed E-state index contributed by atoms with van der Waals surface area (Å²) in [7, 11) is 0. The van der Waals surface area contributed by atoms with E-state index < -0.39 is 0 Å². The third-order valence-corrected chi connectivity index (χ3v) is 4.46. The van der Waals surface area contributed by atoms with Crippen LogP contribution >= 0.6 is 27.3 Å². The van der Waals surface area contributed by atoms with Crippen LogP contribution in [-0.2, 0) is 0 Å². The quantitative estimate of drug-likeness (QED) is 0.912. The highest BCUT2D eigenvalue weighted by Gasteiger charge is 2.14. The summed E-state index contributed by atoms with van der Waals surface area (Å²) < 4.78 is 1.05. The third-order valence-electron chi connectivity index (χ3n) is 2.77.